The van der Waals surface area contributed by atoms with Gasteiger partial charge in [-0.3, -0.25) is 0 Å². The third-order valence-corrected chi connectivity index (χ3v) is 2.94. The SMILES string of the molecule is CC[NH2+]CCOc1ccc([C@H](C)CC)cc1. The summed E-state index contributed by atoms with van der Waals surface area (Å²) < 4.78 is 5.65. The van der Waals surface area contributed by atoms with Crippen molar-refractivity contribution in [2.45, 2.75) is 33.1 Å². The summed E-state index contributed by atoms with van der Waals surface area (Å²) in [5, 5.41) is 2.24. The van der Waals surface area contributed by atoms with Crippen molar-refractivity contribution in [1.82, 2.24) is 0 Å². The van der Waals surface area contributed by atoms with Crippen LogP contribution in [0, 0.1) is 0 Å². The van der Waals surface area contributed by atoms with E-state index in [0.29, 0.717) is 5.92 Å². The minimum absolute atomic E-state index is 0.641. The van der Waals surface area contributed by atoms with E-state index in [4.69, 9.17) is 4.74 Å². The van der Waals surface area contributed by atoms with Crippen LogP contribution in [0.3, 0.4) is 0 Å². The molecule has 1 rings (SSSR count). The average Bonchev–Trinajstić information content (AvgIpc) is 2.34. The Morgan fingerprint density at radius 1 is 1.19 bits per heavy atom. The fourth-order valence-corrected chi connectivity index (χ4v) is 1.59. The number of hydrogen-bond donors (Lipinski definition) is 1. The second-order valence-electron chi connectivity index (χ2n) is 4.21. The van der Waals surface area contributed by atoms with Crippen LogP contribution >= 0.6 is 0 Å². The van der Waals surface area contributed by atoms with Crippen LogP contribution in [0.4, 0.5) is 0 Å². The first-order valence-electron chi connectivity index (χ1n) is 6.32. The molecule has 1 atom stereocenters. The molecular formula is C14H24NO+. The molecule has 2 N–H and O–H groups in total. The summed E-state index contributed by atoms with van der Waals surface area (Å²) >= 11 is 0. The van der Waals surface area contributed by atoms with E-state index in [0.717, 1.165) is 25.4 Å². The van der Waals surface area contributed by atoms with Gasteiger partial charge in [-0.2, -0.15) is 0 Å². The highest BCUT2D eigenvalue weighted by Gasteiger charge is 2.02. The van der Waals surface area contributed by atoms with Gasteiger partial charge in [-0.25, -0.2) is 0 Å². The summed E-state index contributed by atoms with van der Waals surface area (Å²) in [7, 11) is 0. The van der Waals surface area contributed by atoms with Gasteiger partial charge in [0.15, 0.2) is 0 Å². The van der Waals surface area contributed by atoms with Crippen molar-refractivity contribution in [1.29, 1.82) is 0 Å². The Balaban J connectivity index is 2.39. The van der Waals surface area contributed by atoms with Crippen molar-refractivity contribution in [3.05, 3.63) is 29.8 Å². The predicted molar refractivity (Wildman–Crippen MR) is 68.0 cm³/mol. The van der Waals surface area contributed by atoms with Crippen molar-refractivity contribution in [3.8, 4) is 5.75 Å². The molecule has 0 aliphatic rings. The fraction of sp³-hybridized carbons (Fsp3) is 0.571. The second-order valence-corrected chi connectivity index (χ2v) is 4.21. The summed E-state index contributed by atoms with van der Waals surface area (Å²) in [5.41, 5.74) is 1.40. The van der Waals surface area contributed by atoms with Crippen LogP contribution in [0.1, 0.15) is 38.7 Å². The monoisotopic (exact) mass is 222 g/mol. The standard InChI is InChI=1S/C14H23NO/c1-4-12(3)13-6-8-14(9-7-13)16-11-10-15-5-2/h6-9,12,15H,4-5,10-11H2,1-3H3/p+1/t12-/m1/s1. The van der Waals surface area contributed by atoms with E-state index in [2.05, 4.69) is 50.4 Å². The molecule has 0 saturated carbocycles. The lowest BCUT2D eigenvalue weighted by atomic mass is 9.99. The Hall–Kier alpha value is -1.02. The van der Waals surface area contributed by atoms with Gasteiger partial charge in [-0.15, -0.1) is 0 Å². The summed E-state index contributed by atoms with van der Waals surface area (Å²) in [6.07, 6.45) is 1.19. The van der Waals surface area contributed by atoms with E-state index < -0.39 is 0 Å². The van der Waals surface area contributed by atoms with E-state index >= 15 is 0 Å². The third kappa shape index (κ3) is 4.23. The molecule has 0 aliphatic heterocycles. The Kier molecular flexibility index (Phi) is 5.94. The van der Waals surface area contributed by atoms with Crippen molar-refractivity contribution in [2.24, 2.45) is 0 Å². The Labute approximate surface area is 99.0 Å². The van der Waals surface area contributed by atoms with Gasteiger partial charge in [-0.1, -0.05) is 26.0 Å². The maximum atomic E-state index is 5.65. The number of quaternary nitrogens is 1. The van der Waals surface area contributed by atoms with Gasteiger partial charge >= 0.3 is 0 Å². The topological polar surface area (TPSA) is 25.8 Å². The number of nitrogens with two attached hydrogens (primary N) is 1. The fourth-order valence-electron chi connectivity index (χ4n) is 1.59. The van der Waals surface area contributed by atoms with E-state index in [1.807, 2.05) is 0 Å². The maximum absolute atomic E-state index is 5.65. The zero-order valence-corrected chi connectivity index (χ0v) is 10.7. The Morgan fingerprint density at radius 3 is 2.44 bits per heavy atom. The molecule has 0 bridgehead atoms. The highest BCUT2D eigenvalue weighted by Crippen LogP contribution is 2.21. The molecule has 2 nitrogen and oxygen atoms in total. The molecule has 0 aliphatic carbocycles. The van der Waals surface area contributed by atoms with Gasteiger partial charge in [0.2, 0.25) is 0 Å². The highest BCUT2D eigenvalue weighted by molar-refractivity contribution is 5.29. The number of hydrogen-bond acceptors (Lipinski definition) is 1. The van der Waals surface area contributed by atoms with Crippen LogP contribution in [0.5, 0.6) is 5.75 Å². The molecule has 0 fully saturated rings. The number of benzene rings is 1. The lowest BCUT2D eigenvalue weighted by Crippen LogP contribution is -2.84. The summed E-state index contributed by atoms with van der Waals surface area (Å²) in [4.78, 5) is 0. The van der Waals surface area contributed by atoms with Gasteiger partial charge in [0.1, 0.15) is 18.9 Å². The molecule has 0 radical (unpaired) electrons. The van der Waals surface area contributed by atoms with E-state index in [9.17, 15) is 0 Å². The number of ether oxygens (including phenoxy) is 1. The zero-order chi connectivity index (χ0) is 11.8. The Morgan fingerprint density at radius 2 is 1.88 bits per heavy atom. The van der Waals surface area contributed by atoms with Gasteiger partial charge in [-0.05, 0) is 37.0 Å². The van der Waals surface area contributed by atoms with Crippen molar-refractivity contribution in [2.75, 3.05) is 19.7 Å². The Bertz CT molecular complexity index is 281. The van der Waals surface area contributed by atoms with E-state index in [1.165, 1.54) is 12.0 Å². The van der Waals surface area contributed by atoms with Crippen LogP contribution in [0.25, 0.3) is 0 Å². The van der Waals surface area contributed by atoms with Gasteiger partial charge in [0.25, 0.3) is 0 Å². The highest BCUT2D eigenvalue weighted by atomic mass is 16.5. The molecule has 1 aromatic carbocycles. The van der Waals surface area contributed by atoms with Crippen LogP contribution in [-0.2, 0) is 0 Å². The lowest BCUT2D eigenvalue weighted by Gasteiger charge is -2.10. The van der Waals surface area contributed by atoms with Gasteiger partial charge in [0.05, 0.1) is 6.54 Å². The minimum atomic E-state index is 0.641. The first-order valence-corrected chi connectivity index (χ1v) is 6.32. The molecule has 16 heavy (non-hydrogen) atoms. The molecule has 0 unspecified atom stereocenters. The lowest BCUT2D eigenvalue weighted by molar-refractivity contribution is -0.652. The molecular weight excluding hydrogens is 198 g/mol. The molecule has 0 aromatic heterocycles. The average molecular weight is 222 g/mol. The predicted octanol–water partition coefficient (Wildman–Crippen LogP) is 2.16. The molecule has 0 heterocycles. The van der Waals surface area contributed by atoms with Crippen molar-refractivity contribution >= 4 is 0 Å². The molecule has 90 valence electrons. The maximum Gasteiger partial charge on any atom is 0.137 e. The molecule has 1 aromatic rings. The molecule has 0 saturated heterocycles. The van der Waals surface area contributed by atoms with Crippen LogP contribution in [0.15, 0.2) is 24.3 Å². The number of rotatable bonds is 7. The van der Waals surface area contributed by atoms with Crippen molar-refractivity contribution in [3.63, 3.8) is 0 Å². The van der Waals surface area contributed by atoms with Crippen LogP contribution in [-0.4, -0.2) is 19.7 Å². The quantitative estimate of drug-likeness (QED) is 0.703. The zero-order valence-electron chi connectivity index (χ0n) is 10.7. The largest absolute Gasteiger partial charge is 0.488 e. The normalized spacial score (nSPS) is 12.4. The molecule has 0 amide bonds. The van der Waals surface area contributed by atoms with Crippen LogP contribution in [0.2, 0.25) is 0 Å². The third-order valence-electron chi connectivity index (χ3n) is 2.94. The van der Waals surface area contributed by atoms with Crippen molar-refractivity contribution < 1.29 is 10.1 Å². The molecule has 2 heteroatoms. The summed E-state index contributed by atoms with van der Waals surface area (Å²) in [6, 6.07) is 8.50. The first kappa shape index (κ1) is 13.0. The van der Waals surface area contributed by atoms with Gasteiger partial charge < -0.3 is 10.1 Å². The molecule has 0 spiro atoms. The summed E-state index contributed by atoms with van der Waals surface area (Å²) in [6.45, 7) is 9.57. The number of likely N-dealkylation sites (N-methyl/N-ethyl adjacent to an activating group) is 1. The van der Waals surface area contributed by atoms with E-state index in [1.54, 1.807) is 0 Å². The smallest absolute Gasteiger partial charge is 0.137 e. The second kappa shape index (κ2) is 7.29. The van der Waals surface area contributed by atoms with Crippen LogP contribution < -0.4 is 10.1 Å². The van der Waals surface area contributed by atoms with E-state index in [-0.39, 0.29) is 0 Å². The summed E-state index contributed by atoms with van der Waals surface area (Å²) in [5.74, 6) is 1.62. The van der Waals surface area contributed by atoms with Gasteiger partial charge in [0, 0.05) is 0 Å². The minimum Gasteiger partial charge on any atom is -0.488 e. The first-order chi connectivity index (χ1) is 7.77.